The van der Waals surface area contributed by atoms with E-state index in [9.17, 15) is 4.79 Å². The minimum absolute atomic E-state index is 0.293. The van der Waals surface area contributed by atoms with Gasteiger partial charge in [-0.05, 0) is 36.3 Å². The Bertz CT molecular complexity index is 677. The summed E-state index contributed by atoms with van der Waals surface area (Å²) in [4.78, 5) is 11.9. The summed E-state index contributed by atoms with van der Waals surface area (Å²) in [6.07, 6.45) is 2.79. The molecule has 0 aliphatic heterocycles. The summed E-state index contributed by atoms with van der Waals surface area (Å²) < 4.78 is 15.8. The van der Waals surface area contributed by atoms with Crippen LogP contribution in [-0.4, -0.2) is 20.2 Å². The van der Waals surface area contributed by atoms with E-state index in [4.69, 9.17) is 14.2 Å². The van der Waals surface area contributed by atoms with Crippen LogP contribution in [0.1, 0.15) is 24.2 Å². The van der Waals surface area contributed by atoms with Gasteiger partial charge in [-0.15, -0.1) is 0 Å². The van der Waals surface area contributed by atoms with Crippen LogP contribution in [0.5, 0.6) is 11.5 Å². The molecule has 4 heteroatoms. The van der Waals surface area contributed by atoms with Gasteiger partial charge in [-0.2, -0.15) is 0 Å². The third-order valence-electron chi connectivity index (χ3n) is 3.38. The molecule has 0 aromatic heterocycles. The lowest BCUT2D eigenvalue weighted by atomic mass is 10.1. The number of carbonyl (C=O) groups excluding carboxylic acids is 1. The Morgan fingerprint density at radius 2 is 1.70 bits per heavy atom. The first-order chi connectivity index (χ1) is 11.1. The van der Waals surface area contributed by atoms with Gasteiger partial charge in [0, 0.05) is 6.08 Å². The summed E-state index contributed by atoms with van der Waals surface area (Å²) in [7, 11) is 3.15. The zero-order valence-electron chi connectivity index (χ0n) is 13.5. The molecule has 0 bridgehead atoms. The molecule has 4 nitrogen and oxygen atoms in total. The SMILES string of the molecule is COc1ccc(/C=C/C(=O)O[C@H](C)c2ccccc2)cc1OC. The first-order valence-electron chi connectivity index (χ1n) is 7.29. The van der Waals surface area contributed by atoms with Crippen LogP contribution in [0, 0.1) is 0 Å². The minimum atomic E-state index is -0.392. The first-order valence-corrected chi connectivity index (χ1v) is 7.29. The smallest absolute Gasteiger partial charge is 0.331 e. The van der Waals surface area contributed by atoms with Crippen molar-refractivity contribution in [2.24, 2.45) is 0 Å². The molecule has 2 aromatic carbocycles. The van der Waals surface area contributed by atoms with Crippen molar-refractivity contribution < 1.29 is 19.0 Å². The van der Waals surface area contributed by atoms with E-state index in [1.165, 1.54) is 6.08 Å². The number of benzene rings is 2. The number of methoxy groups -OCH3 is 2. The highest BCUT2D eigenvalue weighted by Gasteiger charge is 2.09. The normalized spacial score (nSPS) is 12.0. The molecule has 120 valence electrons. The van der Waals surface area contributed by atoms with E-state index >= 15 is 0 Å². The lowest BCUT2D eigenvalue weighted by molar-refractivity contribution is -0.142. The summed E-state index contributed by atoms with van der Waals surface area (Å²) in [5.41, 5.74) is 1.78. The van der Waals surface area contributed by atoms with Crippen LogP contribution < -0.4 is 9.47 Å². The van der Waals surface area contributed by atoms with Crippen LogP contribution >= 0.6 is 0 Å². The molecular weight excluding hydrogens is 292 g/mol. The van der Waals surface area contributed by atoms with Crippen molar-refractivity contribution in [3.63, 3.8) is 0 Å². The monoisotopic (exact) mass is 312 g/mol. The number of rotatable bonds is 6. The third kappa shape index (κ3) is 4.61. The lowest BCUT2D eigenvalue weighted by Crippen LogP contribution is -2.05. The van der Waals surface area contributed by atoms with Gasteiger partial charge >= 0.3 is 5.97 Å². The minimum Gasteiger partial charge on any atom is -0.493 e. The predicted molar refractivity (Wildman–Crippen MR) is 89.5 cm³/mol. The maximum absolute atomic E-state index is 11.9. The van der Waals surface area contributed by atoms with Crippen molar-refractivity contribution in [3.05, 3.63) is 65.7 Å². The maximum Gasteiger partial charge on any atom is 0.331 e. The van der Waals surface area contributed by atoms with Crippen molar-refractivity contribution in [1.82, 2.24) is 0 Å². The fourth-order valence-electron chi connectivity index (χ4n) is 2.13. The fraction of sp³-hybridized carbons (Fsp3) is 0.211. The molecule has 2 aromatic rings. The fourth-order valence-corrected chi connectivity index (χ4v) is 2.13. The molecule has 0 aliphatic rings. The zero-order chi connectivity index (χ0) is 16.7. The Labute approximate surface area is 136 Å². The molecule has 0 amide bonds. The molecule has 2 rings (SSSR count). The van der Waals surface area contributed by atoms with Crippen LogP contribution in [0.15, 0.2) is 54.6 Å². The lowest BCUT2D eigenvalue weighted by Gasteiger charge is -2.11. The molecule has 0 saturated heterocycles. The molecule has 0 N–H and O–H groups in total. The number of hydrogen-bond donors (Lipinski definition) is 0. The van der Waals surface area contributed by atoms with Crippen molar-refractivity contribution in [1.29, 1.82) is 0 Å². The molecule has 0 radical (unpaired) electrons. The Balaban J connectivity index is 2.01. The highest BCUT2D eigenvalue weighted by Crippen LogP contribution is 2.28. The second-order valence-corrected chi connectivity index (χ2v) is 4.94. The Morgan fingerprint density at radius 3 is 2.35 bits per heavy atom. The topological polar surface area (TPSA) is 44.8 Å². The average Bonchev–Trinajstić information content (AvgIpc) is 2.60. The van der Waals surface area contributed by atoms with Gasteiger partial charge in [0.2, 0.25) is 0 Å². The standard InChI is InChI=1S/C19H20O4/c1-14(16-7-5-4-6-8-16)23-19(20)12-10-15-9-11-17(21-2)18(13-15)22-3/h4-14H,1-3H3/b12-10+/t14-/m1/s1. The van der Waals surface area contributed by atoms with Gasteiger partial charge < -0.3 is 14.2 Å². The molecule has 0 heterocycles. The van der Waals surface area contributed by atoms with Crippen LogP contribution in [-0.2, 0) is 9.53 Å². The molecular formula is C19H20O4. The molecule has 23 heavy (non-hydrogen) atoms. The number of esters is 1. The van der Waals surface area contributed by atoms with Crippen LogP contribution in [0.3, 0.4) is 0 Å². The molecule has 0 aliphatic carbocycles. The summed E-state index contributed by atoms with van der Waals surface area (Å²) in [6.45, 7) is 1.84. The van der Waals surface area contributed by atoms with Crippen LogP contribution in [0.4, 0.5) is 0 Å². The second-order valence-electron chi connectivity index (χ2n) is 4.94. The molecule has 0 saturated carbocycles. The maximum atomic E-state index is 11.9. The van der Waals surface area contributed by atoms with Crippen molar-refractivity contribution in [2.45, 2.75) is 13.0 Å². The molecule has 0 unspecified atom stereocenters. The summed E-state index contributed by atoms with van der Waals surface area (Å²) >= 11 is 0. The third-order valence-corrected chi connectivity index (χ3v) is 3.38. The van der Waals surface area contributed by atoms with E-state index in [1.807, 2.05) is 43.3 Å². The second kappa shape index (κ2) is 8.03. The van der Waals surface area contributed by atoms with E-state index in [-0.39, 0.29) is 6.10 Å². The van der Waals surface area contributed by atoms with Crippen molar-refractivity contribution in [3.8, 4) is 11.5 Å². The van der Waals surface area contributed by atoms with Crippen molar-refractivity contribution in [2.75, 3.05) is 14.2 Å². The Kier molecular flexibility index (Phi) is 5.80. The quantitative estimate of drug-likeness (QED) is 0.597. The van der Waals surface area contributed by atoms with Gasteiger partial charge in [-0.25, -0.2) is 4.79 Å². The van der Waals surface area contributed by atoms with Gasteiger partial charge in [0.15, 0.2) is 11.5 Å². The highest BCUT2D eigenvalue weighted by atomic mass is 16.5. The Morgan fingerprint density at radius 1 is 1.00 bits per heavy atom. The van der Waals surface area contributed by atoms with E-state index in [2.05, 4.69) is 0 Å². The largest absolute Gasteiger partial charge is 0.493 e. The average molecular weight is 312 g/mol. The van der Waals surface area contributed by atoms with E-state index < -0.39 is 5.97 Å². The number of hydrogen-bond acceptors (Lipinski definition) is 4. The van der Waals surface area contributed by atoms with E-state index in [0.717, 1.165) is 11.1 Å². The van der Waals surface area contributed by atoms with Gasteiger partial charge in [0.1, 0.15) is 6.10 Å². The van der Waals surface area contributed by atoms with E-state index in [0.29, 0.717) is 11.5 Å². The number of carbonyl (C=O) groups is 1. The van der Waals surface area contributed by atoms with E-state index in [1.54, 1.807) is 32.4 Å². The predicted octanol–water partition coefficient (Wildman–Crippen LogP) is 4.02. The summed E-state index contributed by atoms with van der Waals surface area (Å²) in [5.74, 6) is 0.863. The summed E-state index contributed by atoms with van der Waals surface area (Å²) in [5, 5.41) is 0. The van der Waals surface area contributed by atoms with Gasteiger partial charge in [0.05, 0.1) is 14.2 Å². The van der Waals surface area contributed by atoms with Gasteiger partial charge in [-0.3, -0.25) is 0 Å². The Hall–Kier alpha value is -2.75. The zero-order valence-corrected chi connectivity index (χ0v) is 13.5. The molecule has 1 atom stereocenters. The van der Waals surface area contributed by atoms with Gasteiger partial charge in [0.25, 0.3) is 0 Å². The summed E-state index contributed by atoms with van der Waals surface area (Å²) in [6, 6.07) is 15.0. The van der Waals surface area contributed by atoms with Crippen LogP contribution in [0.25, 0.3) is 6.08 Å². The molecule has 0 fully saturated rings. The molecule has 0 spiro atoms. The van der Waals surface area contributed by atoms with Crippen LogP contribution in [0.2, 0.25) is 0 Å². The van der Waals surface area contributed by atoms with Gasteiger partial charge in [-0.1, -0.05) is 36.4 Å². The van der Waals surface area contributed by atoms with Crippen molar-refractivity contribution >= 4 is 12.0 Å². The first kappa shape index (κ1) is 16.6. The number of ether oxygens (including phenoxy) is 3. The highest BCUT2D eigenvalue weighted by molar-refractivity contribution is 5.87.